The van der Waals surface area contributed by atoms with Gasteiger partial charge in [0.1, 0.15) is 17.7 Å². The van der Waals surface area contributed by atoms with E-state index in [0.29, 0.717) is 45.9 Å². The van der Waals surface area contributed by atoms with Crippen molar-refractivity contribution in [3.63, 3.8) is 0 Å². The predicted octanol–water partition coefficient (Wildman–Crippen LogP) is 3.86. The van der Waals surface area contributed by atoms with Gasteiger partial charge in [-0.15, -0.1) is 0 Å². The highest BCUT2D eigenvalue weighted by Gasteiger charge is 2.26. The average molecular weight is 427 g/mol. The highest BCUT2D eigenvalue weighted by atomic mass is 19.1. The van der Waals surface area contributed by atoms with E-state index in [0.717, 1.165) is 0 Å². The molecule has 0 saturated carbocycles. The van der Waals surface area contributed by atoms with Gasteiger partial charge in [0.05, 0.1) is 17.7 Å². The summed E-state index contributed by atoms with van der Waals surface area (Å²) in [4.78, 5) is 28.3. The van der Waals surface area contributed by atoms with Crippen LogP contribution in [-0.2, 0) is 9.53 Å². The third-order valence-electron chi connectivity index (χ3n) is 5.20. The number of aryl methyl sites for hydroxylation is 1. The molecule has 1 aliphatic rings. The summed E-state index contributed by atoms with van der Waals surface area (Å²) in [5.74, 6) is -1.05. The van der Waals surface area contributed by atoms with Gasteiger partial charge in [-0.3, -0.25) is 9.59 Å². The second-order valence-corrected chi connectivity index (χ2v) is 7.23. The van der Waals surface area contributed by atoms with Gasteiger partial charge in [0, 0.05) is 29.2 Å². The maximum absolute atomic E-state index is 13.7. The quantitative estimate of drug-likeness (QED) is 0.398. The number of aromatic nitrogens is 1. The third-order valence-corrected chi connectivity index (χ3v) is 5.20. The standard InChI is InChI=1S/C23H26FN3O4/c1-5-19(28)20(31-6-2)11-25-23(30)21-12(3)18(26-13(21)4)10-16-15-9-14(24)7-8-17(15)27-22(16)29/h5,7-10,20,26,28H,6,11H2,1-4H3,(H,25,30)(H,27,29)/b16-10-,19-5-. The molecule has 1 aromatic heterocycles. The number of benzene rings is 1. The van der Waals surface area contributed by atoms with Gasteiger partial charge in [0.25, 0.3) is 11.8 Å². The summed E-state index contributed by atoms with van der Waals surface area (Å²) in [6.07, 6.45) is 2.51. The molecule has 2 aromatic rings. The van der Waals surface area contributed by atoms with Crippen LogP contribution in [0.2, 0.25) is 0 Å². The summed E-state index contributed by atoms with van der Waals surface area (Å²) < 4.78 is 19.1. The number of allylic oxidation sites excluding steroid dienone is 1. The molecular formula is C23H26FN3O4. The minimum absolute atomic E-state index is 0.0493. The Kier molecular flexibility index (Phi) is 6.60. The minimum atomic E-state index is -0.631. The zero-order valence-electron chi connectivity index (χ0n) is 17.9. The molecule has 1 aromatic carbocycles. The Hall–Kier alpha value is -3.39. The van der Waals surface area contributed by atoms with Gasteiger partial charge in [-0.1, -0.05) is 0 Å². The van der Waals surface area contributed by atoms with Crippen LogP contribution < -0.4 is 10.6 Å². The number of hydrogen-bond acceptors (Lipinski definition) is 4. The van der Waals surface area contributed by atoms with Crippen molar-refractivity contribution in [2.45, 2.75) is 33.8 Å². The van der Waals surface area contributed by atoms with Crippen LogP contribution in [0.3, 0.4) is 0 Å². The Morgan fingerprint density at radius 2 is 2.10 bits per heavy atom. The van der Waals surface area contributed by atoms with E-state index >= 15 is 0 Å². The highest BCUT2D eigenvalue weighted by molar-refractivity contribution is 6.34. The lowest BCUT2D eigenvalue weighted by atomic mass is 10.0. The molecule has 7 nitrogen and oxygen atoms in total. The number of aliphatic hydroxyl groups excluding tert-OH is 1. The Labute approximate surface area is 180 Å². The first-order valence-electron chi connectivity index (χ1n) is 10.0. The van der Waals surface area contributed by atoms with Crippen molar-refractivity contribution in [1.29, 1.82) is 0 Å². The maximum Gasteiger partial charge on any atom is 0.256 e. The van der Waals surface area contributed by atoms with Crippen LogP contribution in [0.5, 0.6) is 0 Å². The lowest BCUT2D eigenvalue weighted by molar-refractivity contribution is -0.110. The first-order chi connectivity index (χ1) is 14.8. The molecule has 0 spiro atoms. The van der Waals surface area contributed by atoms with Crippen molar-refractivity contribution in [1.82, 2.24) is 10.3 Å². The molecule has 0 radical (unpaired) electrons. The number of rotatable bonds is 7. The smallest absolute Gasteiger partial charge is 0.256 e. The van der Waals surface area contributed by atoms with E-state index in [1.54, 1.807) is 33.8 Å². The SMILES string of the molecule is C/C=C(\O)C(CNC(=O)c1c(C)[nH]c(/C=C2\C(=O)Nc3ccc(F)cc32)c1C)OCC. The van der Waals surface area contributed by atoms with E-state index in [2.05, 4.69) is 15.6 Å². The molecule has 1 atom stereocenters. The third kappa shape index (κ3) is 4.54. The molecule has 0 aliphatic carbocycles. The van der Waals surface area contributed by atoms with Crippen LogP contribution in [0.25, 0.3) is 11.6 Å². The monoisotopic (exact) mass is 427 g/mol. The predicted molar refractivity (Wildman–Crippen MR) is 117 cm³/mol. The summed E-state index contributed by atoms with van der Waals surface area (Å²) >= 11 is 0. The number of anilines is 1. The number of amides is 2. The maximum atomic E-state index is 13.7. The number of ether oxygens (including phenoxy) is 1. The van der Waals surface area contributed by atoms with Gasteiger partial charge in [0.15, 0.2) is 0 Å². The first kappa shape index (κ1) is 22.3. The molecule has 2 amide bonds. The number of fused-ring (bicyclic) bond motifs is 1. The molecule has 0 fully saturated rings. The van der Waals surface area contributed by atoms with Crippen LogP contribution in [0.15, 0.2) is 30.0 Å². The van der Waals surface area contributed by atoms with Crippen molar-refractivity contribution in [3.05, 3.63) is 63.9 Å². The lowest BCUT2D eigenvalue weighted by Crippen LogP contribution is -2.35. The molecule has 2 heterocycles. The molecule has 1 aliphatic heterocycles. The molecule has 31 heavy (non-hydrogen) atoms. The van der Waals surface area contributed by atoms with Crippen molar-refractivity contribution >= 4 is 29.2 Å². The van der Waals surface area contributed by atoms with Crippen molar-refractivity contribution in [3.8, 4) is 0 Å². The second-order valence-electron chi connectivity index (χ2n) is 7.23. The fraction of sp³-hybridized carbons (Fsp3) is 0.304. The molecule has 4 N–H and O–H groups in total. The zero-order chi connectivity index (χ0) is 22.7. The van der Waals surface area contributed by atoms with Gasteiger partial charge in [0.2, 0.25) is 0 Å². The summed E-state index contributed by atoms with van der Waals surface area (Å²) in [5.41, 5.74) is 3.65. The molecule has 0 saturated heterocycles. The summed E-state index contributed by atoms with van der Waals surface area (Å²) in [7, 11) is 0. The summed E-state index contributed by atoms with van der Waals surface area (Å²) in [6.45, 7) is 7.53. The van der Waals surface area contributed by atoms with Gasteiger partial charge in [-0.05, 0) is 63.6 Å². The Morgan fingerprint density at radius 3 is 2.77 bits per heavy atom. The van der Waals surface area contributed by atoms with Crippen LogP contribution >= 0.6 is 0 Å². The Balaban J connectivity index is 1.86. The van der Waals surface area contributed by atoms with E-state index in [-0.39, 0.29) is 24.1 Å². The van der Waals surface area contributed by atoms with Crippen LogP contribution in [0, 0.1) is 19.7 Å². The normalized spacial score (nSPS) is 15.7. The van der Waals surface area contributed by atoms with Crippen LogP contribution in [0.4, 0.5) is 10.1 Å². The van der Waals surface area contributed by atoms with Crippen molar-refractivity contribution in [2.24, 2.45) is 0 Å². The number of halogens is 1. The van der Waals surface area contributed by atoms with Gasteiger partial charge >= 0.3 is 0 Å². The molecule has 1 unspecified atom stereocenters. The first-order valence-corrected chi connectivity index (χ1v) is 10.0. The van der Waals surface area contributed by atoms with Gasteiger partial charge in [-0.25, -0.2) is 4.39 Å². The number of H-pyrrole nitrogens is 1. The van der Waals surface area contributed by atoms with E-state index in [1.807, 2.05) is 0 Å². The molecule has 0 bridgehead atoms. The number of aliphatic hydroxyl groups is 1. The Bertz CT molecular complexity index is 1080. The van der Waals surface area contributed by atoms with Crippen LogP contribution in [-0.4, -0.2) is 41.2 Å². The zero-order valence-corrected chi connectivity index (χ0v) is 17.9. The summed E-state index contributed by atoms with van der Waals surface area (Å²) in [6, 6.07) is 4.11. The fourth-order valence-corrected chi connectivity index (χ4v) is 3.62. The van der Waals surface area contributed by atoms with E-state index in [1.165, 1.54) is 24.3 Å². The number of carbonyl (C=O) groups is 2. The van der Waals surface area contributed by atoms with Gasteiger partial charge < -0.3 is 25.5 Å². The Morgan fingerprint density at radius 1 is 1.35 bits per heavy atom. The topological polar surface area (TPSA) is 103 Å². The average Bonchev–Trinajstić information content (AvgIpc) is 3.19. The lowest BCUT2D eigenvalue weighted by Gasteiger charge is -2.17. The number of hydrogen-bond donors (Lipinski definition) is 4. The van der Waals surface area contributed by atoms with E-state index < -0.39 is 11.9 Å². The minimum Gasteiger partial charge on any atom is -0.510 e. The van der Waals surface area contributed by atoms with Crippen molar-refractivity contribution < 1.29 is 23.8 Å². The number of aromatic amines is 1. The summed E-state index contributed by atoms with van der Waals surface area (Å²) in [5, 5.41) is 15.4. The van der Waals surface area contributed by atoms with Crippen LogP contribution in [0.1, 0.15) is 46.7 Å². The fourth-order valence-electron chi connectivity index (χ4n) is 3.62. The molecular weight excluding hydrogens is 401 g/mol. The number of carbonyl (C=O) groups excluding carboxylic acids is 2. The largest absolute Gasteiger partial charge is 0.510 e. The highest BCUT2D eigenvalue weighted by Crippen LogP contribution is 2.34. The van der Waals surface area contributed by atoms with Gasteiger partial charge in [-0.2, -0.15) is 0 Å². The van der Waals surface area contributed by atoms with E-state index in [4.69, 9.17) is 4.74 Å². The molecule has 164 valence electrons. The number of nitrogens with one attached hydrogen (secondary N) is 3. The molecule has 3 rings (SSSR count). The molecule has 8 heteroatoms. The second kappa shape index (κ2) is 9.18. The van der Waals surface area contributed by atoms with Crippen molar-refractivity contribution in [2.75, 3.05) is 18.5 Å². The van der Waals surface area contributed by atoms with E-state index in [9.17, 15) is 19.1 Å².